The van der Waals surface area contributed by atoms with E-state index < -0.39 is 0 Å². The second kappa shape index (κ2) is 8.78. The number of hydrogen-bond donors (Lipinski definition) is 1. The van der Waals surface area contributed by atoms with Crippen molar-refractivity contribution in [3.63, 3.8) is 0 Å². The zero-order valence-corrected chi connectivity index (χ0v) is 15.0. The van der Waals surface area contributed by atoms with Gasteiger partial charge in [0.2, 0.25) is 0 Å². The van der Waals surface area contributed by atoms with Gasteiger partial charge in [0, 0.05) is 49.7 Å². The molecule has 6 heteroatoms. The molecule has 0 bridgehead atoms. The molecular formula is C18H25N5S. The Morgan fingerprint density at radius 2 is 2.21 bits per heavy atom. The summed E-state index contributed by atoms with van der Waals surface area (Å²) in [5.41, 5.74) is 0. The van der Waals surface area contributed by atoms with Crippen molar-refractivity contribution in [2.24, 2.45) is 10.9 Å². The average Bonchev–Trinajstić information content (AvgIpc) is 3.30. The molecule has 0 aliphatic carbocycles. The lowest BCUT2D eigenvalue weighted by molar-refractivity contribution is 0.468. The Hall–Kier alpha value is -1.95. The molecule has 1 aliphatic rings. The maximum absolute atomic E-state index is 4.44. The molecule has 1 aromatic heterocycles. The van der Waals surface area contributed by atoms with Crippen molar-refractivity contribution < 1.29 is 0 Å². The number of likely N-dealkylation sites (tertiary alicyclic amines) is 1. The van der Waals surface area contributed by atoms with Crippen LogP contribution in [0.1, 0.15) is 6.42 Å². The molecule has 1 aliphatic heterocycles. The van der Waals surface area contributed by atoms with E-state index in [2.05, 4.69) is 50.6 Å². The molecule has 24 heavy (non-hydrogen) atoms. The number of aromatic nitrogens is 2. The number of aliphatic imine (C=N–C) groups is 1. The maximum atomic E-state index is 4.44. The van der Waals surface area contributed by atoms with Crippen molar-refractivity contribution in [2.45, 2.75) is 17.9 Å². The third-order valence-electron chi connectivity index (χ3n) is 4.21. The fourth-order valence-corrected chi connectivity index (χ4v) is 3.99. The van der Waals surface area contributed by atoms with Crippen LogP contribution in [0.25, 0.3) is 0 Å². The van der Waals surface area contributed by atoms with Crippen molar-refractivity contribution in [3.8, 4) is 0 Å². The lowest BCUT2D eigenvalue weighted by Crippen LogP contribution is -2.41. The van der Waals surface area contributed by atoms with Gasteiger partial charge in [0.05, 0.1) is 6.54 Å². The molecule has 1 N–H and O–H groups in total. The Morgan fingerprint density at radius 1 is 1.33 bits per heavy atom. The molecule has 1 aromatic carbocycles. The number of hydrogen-bond acceptors (Lipinski definition) is 3. The van der Waals surface area contributed by atoms with Gasteiger partial charge in [-0.1, -0.05) is 18.2 Å². The number of guanidine groups is 1. The Balaban J connectivity index is 1.41. The van der Waals surface area contributed by atoms with Gasteiger partial charge in [-0.05, 0) is 30.5 Å². The van der Waals surface area contributed by atoms with Crippen LogP contribution in [0, 0.1) is 5.92 Å². The third-order valence-corrected chi connectivity index (χ3v) is 5.45. The van der Waals surface area contributed by atoms with Crippen molar-refractivity contribution >= 4 is 17.7 Å². The highest BCUT2D eigenvalue weighted by Crippen LogP contribution is 2.25. The van der Waals surface area contributed by atoms with Crippen LogP contribution in [0.4, 0.5) is 0 Å². The van der Waals surface area contributed by atoms with E-state index in [9.17, 15) is 0 Å². The molecule has 128 valence electrons. The average molecular weight is 344 g/mol. The summed E-state index contributed by atoms with van der Waals surface area (Å²) in [7, 11) is 1.86. The predicted octanol–water partition coefficient (Wildman–Crippen LogP) is 2.57. The fourth-order valence-electron chi connectivity index (χ4n) is 2.94. The first-order valence-corrected chi connectivity index (χ1v) is 9.44. The van der Waals surface area contributed by atoms with Crippen LogP contribution in [-0.2, 0) is 6.54 Å². The zero-order chi connectivity index (χ0) is 16.6. The predicted molar refractivity (Wildman–Crippen MR) is 100 cm³/mol. The Morgan fingerprint density at radius 3 is 2.96 bits per heavy atom. The lowest BCUT2D eigenvalue weighted by Gasteiger charge is -2.21. The summed E-state index contributed by atoms with van der Waals surface area (Å²) < 4.78 is 1.93. The molecule has 0 amide bonds. The minimum atomic E-state index is 0.722. The van der Waals surface area contributed by atoms with Crippen molar-refractivity contribution in [1.29, 1.82) is 0 Å². The Bertz CT molecular complexity index is 626. The number of rotatable bonds is 6. The zero-order valence-electron chi connectivity index (χ0n) is 14.1. The van der Waals surface area contributed by atoms with E-state index in [4.69, 9.17) is 0 Å². The summed E-state index contributed by atoms with van der Waals surface area (Å²) >= 11 is 1.96. The van der Waals surface area contributed by atoms with E-state index in [-0.39, 0.29) is 0 Å². The first kappa shape index (κ1) is 16.9. The summed E-state index contributed by atoms with van der Waals surface area (Å²) in [5, 5.41) is 7.67. The van der Waals surface area contributed by atoms with Crippen LogP contribution < -0.4 is 5.32 Å². The van der Waals surface area contributed by atoms with Gasteiger partial charge in [0.15, 0.2) is 5.96 Å². The molecule has 2 aromatic rings. The van der Waals surface area contributed by atoms with E-state index in [0.29, 0.717) is 0 Å². The summed E-state index contributed by atoms with van der Waals surface area (Å²) in [6.45, 7) is 3.87. The molecule has 1 unspecified atom stereocenters. The van der Waals surface area contributed by atoms with Gasteiger partial charge >= 0.3 is 0 Å². The minimum absolute atomic E-state index is 0.722. The van der Waals surface area contributed by atoms with E-state index >= 15 is 0 Å². The van der Waals surface area contributed by atoms with Gasteiger partial charge in [-0.25, -0.2) is 0 Å². The van der Waals surface area contributed by atoms with Gasteiger partial charge in [0.1, 0.15) is 0 Å². The molecule has 0 spiro atoms. The fraction of sp³-hybridized carbons (Fsp3) is 0.444. The number of nitrogens with one attached hydrogen (secondary N) is 1. The minimum Gasteiger partial charge on any atom is -0.354 e. The van der Waals surface area contributed by atoms with Crippen LogP contribution in [0.15, 0.2) is 58.7 Å². The Kier molecular flexibility index (Phi) is 6.18. The summed E-state index contributed by atoms with van der Waals surface area (Å²) in [5.74, 6) is 2.90. The van der Waals surface area contributed by atoms with Gasteiger partial charge in [0.25, 0.3) is 0 Å². The highest BCUT2D eigenvalue weighted by atomic mass is 32.2. The first-order valence-electron chi connectivity index (χ1n) is 8.46. The maximum Gasteiger partial charge on any atom is 0.193 e. The molecular weight excluding hydrogens is 318 g/mol. The van der Waals surface area contributed by atoms with Crippen molar-refractivity contribution in [2.75, 3.05) is 32.4 Å². The highest BCUT2D eigenvalue weighted by molar-refractivity contribution is 7.99. The summed E-state index contributed by atoms with van der Waals surface area (Å²) in [4.78, 5) is 8.17. The molecule has 0 radical (unpaired) electrons. The van der Waals surface area contributed by atoms with Gasteiger partial charge < -0.3 is 10.2 Å². The standard InChI is InChI=1S/C18H25N5S/c1-19-18(20-10-13-23-11-5-9-21-23)22-12-8-16(14-22)15-24-17-6-3-2-4-7-17/h2-7,9,11,16H,8,10,12-15H2,1H3,(H,19,20). The van der Waals surface area contributed by atoms with Gasteiger partial charge in [-0.3, -0.25) is 9.67 Å². The van der Waals surface area contributed by atoms with E-state index in [1.165, 1.54) is 17.1 Å². The highest BCUT2D eigenvalue weighted by Gasteiger charge is 2.24. The largest absolute Gasteiger partial charge is 0.354 e. The van der Waals surface area contributed by atoms with E-state index in [1.54, 1.807) is 0 Å². The normalized spacial score (nSPS) is 18.1. The molecule has 2 heterocycles. The second-order valence-corrected chi connectivity index (χ2v) is 7.06. The molecule has 1 saturated heterocycles. The first-order chi connectivity index (χ1) is 11.8. The molecule has 5 nitrogen and oxygen atoms in total. The molecule has 1 fully saturated rings. The SMILES string of the molecule is CN=C(NCCn1cccn1)N1CCC(CSc2ccccc2)C1. The lowest BCUT2D eigenvalue weighted by atomic mass is 10.2. The van der Waals surface area contributed by atoms with Crippen LogP contribution >= 0.6 is 11.8 Å². The monoisotopic (exact) mass is 343 g/mol. The number of thioether (sulfide) groups is 1. The summed E-state index contributed by atoms with van der Waals surface area (Å²) in [6.07, 6.45) is 5.03. The Labute approximate surface area is 148 Å². The van der Waals surface area contributed by atoms with E-state index in [0.717, 1.165) is 38.1 Å². The van der Waals surface area contributed by atoms with Crippen LogP contribution in [-0.4, -0.2) is 53.1 Å². The third kappa shape index (κ3) is 4.77. The van der Waals surface area contributed by atoms with Gasteiger partial charge in [-0.2, -0.15) is 5.10 Å². The van der Waals surface area contributed by atoms with Crippen LogP contribution in [0.2, 0.25) is 0 Å². The van der Waals surface area contributed by atoms with Crippen LogP contribution in [0.5, 0.6) is 0 Å². The molecule has 3 rings (SSSR count). The quantitative estimate of drug-likeness (QED) is 0.497. The van der Waals surface area contributed by atoms with Crippen molar-refractivity contribution in [1.82, 2.24) is 20.0 Å². The smallest absolute Gasteiger partial charge is 0.193 e. The van der Waals surface area contributed by atoms with E-state index in [1.807, 2.05) is 42.0 Å². The van der Waals surface area contributed by atoms with Gasteiger partial charge in [-0.15, -0.1) is 11.8 Å². The van der Waals surface area contributed by atoms with Crippen LogP contribution in [0.3, 0.4) is 0 Å². The number of benzene rings is 1. The summed E-state index contributed by atoms with van der Waals surface area (Å²) in [6, 6.07) is 12.6. The molecule has 1 atom stereocenters. The number of nitrogens with zero attached hydrogens (tertiary/aromatic N) is 4. The van der Waals surface area contributed by atoms with Crippen molar-refractivity contribution in [3.05, 3.63) is 48.8 Å². The molecule has 0 saturated carbocycles. The topological polar surface area (TPSA) is 45.5 Å². The second-order valence-electron chi connectivity index (χ2n) is 5.97.